The number of nitrogens with one attached hydrogen (secondary N) is 1. The fraction of sp³-hybridized carbons (Fsp3) is 0.778. The summed E-state index contributed by atoms with van der Waals surface area (Å²) in [5.74, 6) is 0.957. The Morgan fingerprint density at radius 1 is 1.71 bits per heavy atom. The molecule has 78 valence electrons. The average Bonchev–Trinajstić information content (AvgIpc) is 2.73. The Balaban J connectivity index is 1.91. The van der Waals surface area contributed by atoms with E-state index in [4.69, 9.17) is 4.74 Å². The van der Waals surface area contributed by atoms with Gasteiger partial charge in [0.15, 0.2) is 0 Å². The Kier molecular flexibility index (Phi) is 2.52. The van der Waals surface area contributed by atoms with Crippen LogP contribution in [0, 0.1) is 0 Å². The van der Waals surface area contributed by atoms with Crippen LogP contribution in [0.5, 0.6) is 0 Å². The fourth-order valence-corrected chi connectivity index (χ4v) is 1.57. The van der Waals surface area contributed by atoms with Crippen LogP contribution in [0.3, 0.4) is 0 Å². The van der Waals surface area contributed by atoms with Crippen LogP contribution in [0.15, 0.2) is 6.33 Å². The van der Waals surface area contributed by atoms with E-state index in [1.54, 1.807) is 6.33 Å². The molecule has 2 heterocycles. The lowest BCUT2D eigenvalue weighted by Gasteiger charge is -2.22. The first-order valence-electron chi connectivity index (χ1n) is 4.85. The molecule has 1 saturated heterocycles. The Hall–Kier alpha value is -0.940. The van der Waals surface area contributed by atoms with E-state index >= 15 is 0 Å². The van der Waals surface area contributed by atoms with Crippen LogP contribution < -0.4 is 5.32 Å². The third kappa shape index (κ3) is 1.93. The lowest BCUT2D eigenvalue weighted by molar-refractivity contribution is 0.171. The van der Waals surface area contributed by atoms with E-state index in [0.29, 0.717) is 0 Å². The smallest absolute Gasteiger partial charge is 0.146 e. The second kappa shape index (κ2) is 3.67. The first-order chi connectivity index (χ1) is 6.70. The molecule has 0 aromatic carbocycles. The molecule has 5 nitrogen and oxygen atoms in total. The number of aryl methyl sites for hydroxylation is 1. The van der Waals surface area contributed by atoms with Gasteiger partial charge in [-0.05, 0) is 13.3 Å². The van der Waals surface area contributed by atoms with Gasteiger partial charge in [0.25, 0.3) is 0 Å². The van der Waals surface area contributed by atoms with Crippen molar-refractivity contribution in [2.24, 2.45) is 7.05 Å². The van der Waals surface area contributed by atoms with Gasteiger partial charge >= 0.3 is 0 Å². The van der Waals surface area contributed by atoms with E-state index in [0.717, 1.165) is 32.0 Å². The molecular formula is C9H16N4O. The lowest BCUT2D eigenvalue weighted by atomic mass is 10.0. The topological polar surface area (TPSA) is 52.0 Å². The third-order valence-corrected chi connectivity index (χ3v) is 2.70. The summed E-state index contributed by atoms with van der Waals surface area (Å²) in [6.07, 6.45) is 2.77. The van der Waals surface area contributed by atoms with Gasteiger partial charge < -0.3 is 14.6 Å². The van der Waals surface area contributed by atoms with E-state index in [1.165, 1.54) is 0 Å². The summed E-state index contributed by atoms with van der Waals surface area (Å²) in [6.45, 7) is 4.56. The zero-order chi connectivity index (χ0) is 10.0. The van der Waals surface area contributed by atoms with E-state index in [1.807, 2.05) is 11.6 Å². The van der Waals surface area contributed by atoms with Crippen LogP contribution in [0.4, 0.5) is 0 Å². The predicted molar refractivity (Wildman–Crippen MR) is 51.7 cm³/mol. The summed E-state index contributed by atoms with van der Waals surface area (Å²) in [5, 5.41) is 11.3. The van der Waals surface area contributed by atoms with E-state index in [2.05, 4.69) is 22.4 Å². The number of rotatable bonds is 3. The standard InChI is InChI=1S/C9H16N4O/c1-9(3-4-14-6-9)10-5-8-12-11-7-13(8)2/h7,10H,3-6H2,1-2H3. The Morgan fingerprint density at radius 2 is 2.57 bits per heavy atom. The summed E-state index contributed by atoms with van der Waals surface area (Å²) in [5.41, 5.74) is 0.103. The molecule has 1 aliphatic rings. The molecule has 1 N–H and O–H groups in total. The van der Waals surface area contributed by atoms with Crippen molar-refractivity contribution in [3.8, 4) is 0 Å². The minimum atomic E-state index is 0.103. The van der Waals surface area contributed by atoms with Crippen LogP contribution in [0.2, 0.25) is 0 Å². The molecule has 1 aromatic heterocycles. The second-order valence-corrected chi connectivity index (χ2v) is 4.07. The molecule has 0 spiro atoms. The quantitative estimate of drug-likeness (QED) is 0.744. The molecule has 1 fully saturated rings. The highest BCUT2D eigenvalue weighted by Crippen LogP contribution is 2.17. The van der Waals surface area contributed by atoms with Crippen molar-refractivity contribution in [1.29, 1.82) is 0 Å². The summed E-state index contributed by atoms with van der Waals surface area (Å²) >= 11 is 0. The summed E-state index contributed by atoms with van der Waals surface area (Å²) in [6, 6.07) is 0. The molecule has 2 rings (SSSR count). The molecule has 0 amide bonds. The van der Waals surface area contributed by atoms with Gasteiger partial charge in [-0.25, -0.2) is 0 Å². The Bertz CT molecular complexity index is 304. The van der Waals surface area contributed by atoms with Gasteiger partial charge in [0.2, 0.25) is 0 Å². The molecule has 1 aliphatic heterocycles. The van der Waals surface area contributed by atoms with Crippen molar-refractivity contribution in [3.05, 3.63) is 12.2 Å². The normalized spacial score (nSPS) is 27.0. The maximum absolute atomic E-state index is 5.35. The maximum atomic E-state index is 5.35. The van der Waals surface area contributed by atoms with Crippen molar-refractivity contribution >= 4 is 0 Å². The fourth-order valence-electron chi connectivity index (χ4n) is 1.57. The van der Waals surface area contributed by atoms with Gasteiger partial charge in [0.05, 0.1) is 13.2 Å². The molecule has 0 radical (unpaired) electrons. The van der Waals surface area contributed by atoms with Crippen molar-refractivity contribution in [3.63, 3.8) is 0 Å². The van der Waals surface area contributed by atoms with Crippen LogP contribution >= 0.6 is 0 Å². The summed E-state index contributed by atoms with van der Waals surface area (Å²) in [7, 11) is 1.95. The Labute approximate surface area is 83.5 Å². The van der Waals surface area contributed by atoms with E-state index in [-0.39, 0.29) is 5.54 Å². The predicted octanol–water partition coefficient (Wildman–Crippen LogP) is 0.0837. The highest BCUT2D eigenvalue weighted by Gasteiger charge is 2.29. The van der Waals surface area contributed by atoms with Crippen molar-refractivity contribution in [1.82, 2.24) is 20.1 Å². The minimum Gasteiger partial charge on any atom is -0.379 e. The van der Waals surface area contributed by atoms with E-state index in [9.17, 15) is 0 Å². The van der Waals surface area contributed by atoms with Gasteiger partial charge in [-0.1, -0.05) is 0 Å². The van der Waals surface area contributed by atoms with E-state index < -0.39 is 0 Å². The van der Waals surface area contributed by atoms with Gasteiger partial charge in [-0.2, -0.15) is 0 Å². The molecule has 1 atom stereocenters. The largest absolute Gasteiger partial charge is 0.379 e. The zero-order valence-corrected chi connectivity index (χ0v) is 8.66. The van der Waals surface area contributed by atoms with Crippen LogP contribution in [0.1, 0.15) is 19.2 Å². The number of hydrogen-bond donors (Lipinski definition) is 1. The highest BCUT2D eigenvalue weighted by atomic mass is 16.5. The highest BCUT2D eigenvalue weighted by molar-refractivity contribution is 4.91. The van der Waals surface area contributed by atoms with Crippen molar-refractivity contribution < 1.29 is 4.74 Å². The number of hydrogen-bond acceptors (Lipinski definition) is 4. The molecular weight excluding hydrogens is 180 g/mol. The third-order valence-electron chi connectivity index (χ3n) is 2.70. The lowest BCUT2D eigenvalue weighted by Crippen LogP contribution is -2.42. The molecule has 14 heavy (non-hydrogen) atoms. The molecule has 1 aromatic rings. The van der Waals surface area contributed by atoms with Crippen LogP contribution in [0.25, 0.3) is 0 Å². The number of nitrogens with zero attached hydrogens (tertiary/aromatic N) is 3. The maximum Gasteiger partial charge on any atom is 0.146 e. The van der Waals surface area contributed by atoms with Gasteiger partial charge in [-0.15, -0.1) is 10.2 Å². The average molecular weight is 196 g/mol. The van der Waals surface area contributed by atoms with Gasteiger partial charge in [0.1, 0.15) is 12.2 Å². The number of ether oxygens (including phenoxy) is 1. The molecule has 1 unspecified atom stereocenters. The minimum absolute atomic E-state index is 0.103. The summed E-state index contributed by atoms with van der Waals surface area (Å²) in [4.78, 5) is 0. The molecule has 0 bridgehead atoms. The SMILES string of the molecule is Cn1cnnc1CNC1(C)CCOC1. The zero-order valence-electron chi connectivity index (χ0n) is 8.66. The molecule has 0 saturated carbocycles. The van der Waals surface area contributed by atoms with Crippen molar-refractivity contribution in [2.45, 2.75) is 25.4 Å². The first kappa shape index (κ1) is 9.61. The van der Waals surface area contributed by atoms with Gasteiger partial charge in [-0.3, -0.25) is 0 Å². The first-order valence-corrected chi connectivity index (χ1v) is 4.85. The van der Waals surface area contributed by atoms with Crippen LogP contribution in [-0.2, 0) is 18.3 Å². The van der Waals surface area contributed by atoms with Gasteiger partial charge in [0, 0.05) is 19.2 Å². The molecule has 5 heteroatoms. The van der Waals surface area contributed by atoms with Crippen molar-refractivity contribution in [2.75, 3.05) is 13.2 Å². The summed E-state index contributed by atoms with van der Waals surface area (Å²) < 4.78 is 7.28. The monoisotopic (exact) mass is 196 g/mol. The van der Waals surface area contributed by atoms with Crippen LogP contribution in [-0.4, -0.2) is 33.5 Å². The Morgan fingerprint density at radius 3 is 3.14 bits per heavy atom. The number of aromatic nitrogens is 3. The molecule has 0 aliphatic carbocycles. The second-order valence-electron chi connectivity index (χ2n) is 4.07.